The van der Waals surface area contributed by atoms with Gasteiger partial charge in [-0.25, -0.2) is 4.98 Å². The lowest BCUT2D eigenvalue weighted by Gasteiger charge is -2.32. The Bertz CT molecular complexity index is 1760. The molecule has 0 radical (unpaired) electrons. The van der Waals surface area contributed by atoms with Crippen LogP contribution in [0.5, 0.6) is 28.9 Å². The van der Waals surface area contributed by atoms with Crippen LogP contribution in [-0.4, -0.2) is 101 Å². The van der Waals surface area contributed by atoms with Gasteiger partial charge in [-0.3, -0.25) is 9.88 Å². The van der Waals surface area contributed by atoms with E-state index in [1.54, 1.807) is 32.4 Å². The Labute approximate surface area is 308 Å². The summed E-state index contributed by atoms with van der Waals surface area (Å²) in [5.41, 5.74) is 2.23. The summed E-state index contributed by atoms with van der Waals surface area (Å²) >= 11 is 13.5. The Morgan fingerprint density at radius 2 is 1.51 bits per heavy atom. The van der Waals surface area contributed by atoms with Crippen molar-refractivity contribution in [3.8, 4) is 28.9 Å². The highest BCUT2D eigenvalue weighted by atomic mass is 35.5. The van der Waals surface area contributed by atoms with Crippen molar-refractivity contribution in [2.24, 2.45) is 5.90 Å². The van der Waals surface area contributed by atoms with Crippen molar-refractivity contribution >= 4 is 45.0 Å². The van der Waals surface area contributed by atoms with Gasteiger partial charge in [-0.05, 0) is 37.1 Å². The fourth-order valence-corrected chi connectivity index (χ4v) is 7.13. The molecule has 2 aliphatic rings. The number of morpholine rings is 1. The summed E-state index contributed by atoms with van der Waals surface area (Å²) in [5, 5.41) is 2.37. The molecule has 1 aliphatic heterocycles. The Balaban J connectivity index is 0.966. The Morgan fingerprint density at radius 3 is 2.24 bits per heavy atom. The molecule has 6 rings (SSSR count). The molecule has 0 amide bonds. The van der Waals surface area contributed by atoms with Gasteiger partial charge in [-0.15, -0.1) is 0 Å². The molecule has 1 saturated heterocycles. The maximum Gasteiger partial charge on any atom is 0.217 e. The number of nitrogens with two attached hydrogens (primary N) is 1. The highest BCUT2D eigenvalue weighted by Crippen LogP contribution is 2.40. The fourth-order valence-electron chi connectivity index (χ4n) is 6.61. The number of halogens is 2. The van der Waals surface area contributed by atoms with E-state index < -0.39 is 0 Å². The molecule has 14 heteroatoms. The molecule has 51 heavy (non-hydrogen) atoms. The zero-order valence-electron chi connectivity index (χ0n) is 29.2. The van der Waals surface area contributed by atoms with Gasteiger partial charge in [0.05, 0.1) is 45.2 Å². The third kappa shape index (κ3) is 9.36. The highest BCUT2D eigenvalue weighted by Gasteiger charge is 2.23. The molecule has 1 unspecified atom stereocenters. The first-order chi connectivity index (χ1) is 25.0. The molecule has 4 aromatic rings. The number of hydrogen-bond donors (Lipinski definition) is 1. The van der Waals surface area contributed by atoms with Crippen molar-refractivity contribution in [1.29, 1.82) is 0 Å². The Morgan fingerprint density at radius 1 is 0.804 bits per heavy atom. The number of nitrogens with zero attached hydrogens (tertiary/aromatic N) is 3. The molecule has 276 valence electrons. The molecule has 2 aromatic heterocycles. The highest BCUT2D eigenvalue weighted by molar-refractivity contribution is 6.37. The van der Waals surface area contributed by atoms with Gasteiger partial charge in [-0.2, -0.15) is 5.90 Å². The van der Waals surface area contributed by atoms with Gasteiger partial charge < -0.3 is 38.0 Å². The number of aromatic nitrogens is 2. The predicted molar refractivity (Wildman–Crippen MR) is 196 cm³/mol. The summed E-state index contributed by atoms with van der Waals surface area (Å²) in [6.07, 6.45) is 5.96. The number of fused-ring (bicyclic) bond motifs is 2. The topological polar surface area (TPSA) is 129 Å². The number of ether oxygens (including phenoxy) is 7. The summed E-state index contributed by atoms with van der Waals surface area (Å²) < 4.78 is 40.4. The first-order valence-electron chi connectivity index (χ1n) is 17.4. The van der Waals surface area contributed by atoms with Gasteiger partial charge >= 0.3 is 0 Å². The van der Waals surface area contributed by atoms with Crippen molar-refractivity contribution < 1.29 is 38.0 Å². The van der Waals surface area contributed by atoms with E-state index in [9.17, 15) is 0 Å². The van der Waals surface area contributed by atoms with E-state index >= 15 is 0 Å². The maximum absolute atomic E-state index is 6.89. The van der Waals surface area contributed by atoms with E-state index in [1.807, 2.05) is 12.1 Å². The number of rotatable bonds is 17. The van der Waals surface area contributed by atoms with E-state index in [0.717, 1.165) is 54.8 Å². The maximum atomic E-state index is 6.89. The van der Waals surface area contributed by atoms with E-state index in [1.165, 1.54) is 19.3 Å². The van der Waals surface area contributed by atoms with Crippen molar-refractivity contribution in [3.63, 3.8) is 0 Å². The first kappa shape index (κ1) is 37.4. The Hall–Kier alpha value is -3.36. The van der Waals surface area contributed by atoms with Crippen LogP contribution in [0.15, 0.2) is 36.4 Å². The third-order valence-electron chi connectivity index (χ3n) is 9.27. The van der Waals surface area contributed by atoms with Crippen LogP contribution in [0.2, 0.25) is 10.0 Å². The summed E-state index contributed by atoms with van der Waals surface area (Å²) in [6.45, 7) is 5.11. The third-order valence-corrected chi connectivity index (χ3v) is 10.0. The number of hydrogen-bond acceptors (Lipinski definition) is 12. The van der Waals surface area contributed by atoms with Crippen molar-refractivity contribution in [1.82, 2.24) is 14.9 Å². The van der Waals surface area contributed by atoms with E-state index in [-0.39, 0.29) is 12.7 Å². The molecule has 0 spiro atoms. The lowest BCUT2D eigenvalue weighted by atomic mass is 9.86. The molecule has 1 atom stereocenters. The minimum absolute atomic E-state index is 0.0794. The normalized spacial score (nSPS) is 17.2. The zero-order chi connectivity index (χ0) is 35.6. The lowest BCUT2D eigenvalue weighted by Crippen LogP contribution is -2.45. The lowest BCUT2D eigenvalue weighted by molar-refractivity contribution is -0.0730. The summed E-state index contributed by atoms with van der Waals surface area (Å²) in [5.74, 6) is 8.54. The van der Waals surface area contributed by atoms with E-state index in [0.29, 0.717) is 89.6 Å². The smallest absolute Gasteiger partial charge is 0.217 e. The van der Waals surface area contributed by atoms with Crippen LogP contribution < -0.4 is 29.7 Å². The van der Waals surface area contributed by atoms with E-state index in [2.05, 4.69) is 16.0 Å². The van der Waals surface area contributed by atoms with E-state index in [4.69, 9.17) is 72.1 Å². The second-order valence-electron chi connectivity index (χ2n) is 12.6. The molecule has 2 fully saturated rings. The van der Waals surface area contributed by atoms with Crippen LogP contribution >= 0.6 is 23.2 Å². The minimum atomic E-state index is -0.0794. The SMILES string of the molecule is COCCOc1ccc2c(ON)cc(OCCOCC3CN(CCOc4ccc5c(OC)cc(C6CCCCC6)nc5c4Cl)CCO3)nc2c1Cl. The van der Waals surface area contributed by atoms with Crippen LogP contribution in [0, 0.1) is 0 Å². The molecule has 2 aromatic carbocycles. The van der Waals surface area contributed by atoms with Crippen LogP contribution in [0.4, 0.5) is 0 Å². The van der Waals surface area contributed by atoms with Gasteiger partial charge in [0, 0.05) is 61.3 Å². The molecular formula is C37H46Cl2N4O8. The second-order valence-corrected chi connectivity index (χ2v) is 13.4. The van der Waals surface area contributed by atoms with Crippen molar-refractivity contribution in [3.05, 3.63) is 52.1 Å². The fraction of sp³-hybridized carbons (Fsp3) is 0.514. The summed E-state index contributed by atoms with van der Waals surface area (Å²) in [4.78, 5) is 16.9. The molecule has 2 N–H and O–H groups in total. The van der Waals surface area contributed by atoms with Gasteiger partial charge in [0.25, 0.3) is 0 Å². The predicted octanol–water partition coefficient (Wildman–Crippen LogP) is 6.60. The second kappa shape index (κ2) is 18.4. The molecule has 12 nitrogen and oxygen atoms in total. The average molecular weight is 746 g/mol. The molecule has 1 aliphatic carbocycles. The molecule has 0 bridgehead atoms. The van der Waals surface area contributed by atoms with Gasteiger partial charge in [-0.1, -0.05) is 42.5 Å². The van der Waals surface area contributed by atoms with Gasteiger partial charge in [0.15, 0.2) is 5.75 Å². The summed E-state index contributed by atoms with van der Waals surface area (Å²) in [7, 11) is 3.29. The van der Waals surface area contributed by atoms with Crippen molar-refractivity contribution in [2.45, 2.75) is 44.1 Å². The van der Waals surface area contributed by atoms with Crippen LogP contribution in [0.1, 0.15) is 43.7 Å². The van der Waals surface area contributed by atoms with Crippen LogP contribution in [0.3, 0.4) is 0 Å². The van der Waals surface area contributed by atoms with Gasteiger partial charge in [0.1, 0.15) is 52.6 Å². The quantitative estimate of drug-likeness (QED) is 0.0924. The monoisotopic (exact) mass is 744 g/mol. The largest absolute Gasteiger partial charge is 0.496 e. The standard InChI is InChI=1S/C37H46Cl2N4O8/c1-44-16-18-49-30-11-9-27-32(51-40)21-33(42-37(27)35(30)39)50-19-17-46-23-25-22-43(12-14-47-25)13-15-48-29-10-8-26-31(45-2)20-28(41-36(26)34(29)38)24-6-4-3-5-7-24/h8-11,20-21,24-25H,3-7,12-19,22-23,40H2,1-2H3. The van der Waals surface area contributed by atoms with Crippen LogP contribution in [-0.2, 0) is 14.2 Å². The summed E-state index contributed by atoms with van der Waals surface area (Å²) in [6, 6.07) is 11.1. The molecule has 3 heterocycles. The first-order valence-corrected chi connectivity index (χ1v) is 18.2. The minimum Gasteiger partial charge on any atom is -0.496 e. The Kier molecular flexibility index (Phi) is 13.5. The number of methoxy groups -OCH3 is 2. The molecule has 1 saturated carbocycles. The average Bonchev–Trinajstić information content (AvgIpc) is 3.16. The van der Waals surface area contributed by atoms with Crippen LogP contribution in [0.25, 0.3) is 21.8 Å². The molecular weight excluding hydrogens is 699 g/mol. The van der Waals surface area contributed by atoms with Gasteiger partial charge in [0.2, 0.25) is 5.88 Å². The number of pyridine rings is 2. The zero-order valence-corrected chi connectivity index (χ0v) is 30.7. The number of benzene rings is 2. The van der Waals surface area contributed by atoms with Crippen molar-refractivity contribution in [2.75, 3.05) is 80.1 Å².